The van der Waals surface area contributed by atoms with E-state index in [1.165, 1.54) is 0 Å². The average molecular weight is 134 g/mol. The fraction of sp³-hybridized carbons (Fsp3) is 1.00. The van der Waals surface area contributed by atoms with Crippen molar-refractivity contribution in [1.82, 2.24) is 0 Å². The maximum absolute atomic E-state index is 10.7. The number of rotatable bonds is 0. The molecule has 0 heterocycles. The average Bonchev–Trinajstić information content (AvgIpc) is 1.77. The maximum Gasteiger partial charge on any atom is 0.109 e. The predicted molar refractivity (Wildman–Crippen MR) is 32.6 cm³/mol. The van der Waals surface area contributed by atoms with Gasteiger partial charge in [-0.15, -0.1) is 11.6 Å². The van der Waals surface area contributed by atoms with Gasteiger partial charge in [0.05, 0.1) is 5.38 Å². The Morgan fingerprint density at radius 3 is 2.25 bits per heavy atom. The highest BCUT2D eigenvalue weighted by Crippen LogP contribution is 2.22. The summed E-state index contributed by atoms with van der Waals surface area (Å²) in [6, 6.07) is 0. The number of hydrogen-bond acceptors (Lipinski definition) is 0. The van der Waals surface area contributed by atoms with Gasteiger partial charge in [0.2, 0.25) is 0 Å². The summed E-state index contributed by atoms with van der Waals surface area (Å²) in [4.78, 5) is 0. The van der Waals surface area contributed by atoms with E-state index in [1.54, 1.807) is 0 Å². The SMILES string of the molecule is [O]C1CCCCC1Cl. The quantitative estimate of drug-likeness (QED) is 0.451. The highest BCUT2D eigenvalue weighted by atomic mass is 35.5. The van der Waals surface area contributed by atoms with E-state index in [1.807, 2.05) is 0 Å². The summed E-state index contributed by atoms with van der Waals surface area (Å²) in [5, 5.41) is 10.7. The molecule has 0 spiro atoms. The van der Waals surface area contributed by atoms with Crippen molar-refractivity contribution >= 4 is 11.6 Å². The second-order valence-electron chi connectivity index (χ2n) is 2.34. The van der Waals surface area contributed by atoms with E-state index < -0.39 is 6.10 Å². The van der Waals surface area contributed by atoms with E-state index in [4.69, 9.17) is 11.6 Å². The van der Waals surface area contributed by atoms with Gasteiger partial charge in [0, 0.05) is 0 Å². The summed E-state index contributed by atoms with van der Waals surface area (Å²) >= 11 is 5.65. The molecule has 0 aliphatic heterocycles. The van der Waals surface area contributed by atoms with E-state index >= 15 is 0 Å². The van der Waals surface area contributed by atoms with E-state index in [-0.39, 0.29) is 5.38 Å². The summed E-state index contributed by atoms with van der Waals surface area (Å²) in [7, 11) is 0. The van der Waals surface area contributed by atoms with Crippen LogP contribution in [0.25, 0.3) is 0 Å². The standard InChI is InChI=1S/C6H10ClO/c7-5-3-1-2-4-6(5)8/h5-6H,1-4H2. The van der Waals surface area contributed by atoms with Crippen LogP contribution in [0.2, 0.25) is 0 Å². The second-order valence-corrected chi connectivity index (χ2v) is 2.90. The minimum absolute atomic E-state index is 0.0799. The third-order valence-electron chi connectivity index (χ3n) is 1.62. The van der Waals surface area contributed by atoms with Gasteiger partial charge in [0.25, 0.3) is 0 Å². The van der Waals surface area contributed by atoms with Gasteiger partial charge in [-0.1, -0.05) is 12.8 Å². The normalized spacial score (nSPS) is 39.8. The molecule has 0 aromatic heterocycles. The van der Waals surface area contributed by atoms with Crippen LogP contribution in [-0.2, 0) is 5.11 Å². The Morgan fingerprint density at radius 2 is 1.88 bits per heavy atom. The summed E-state index contributed by atoms with van der Waals surface area (Å²) in [5.41, 5.74) is 0. The van der Waals surface area contributed by atoms with Gasteiger partial charge in [-0.3, -0.25) is 0 Å². The van der Waals surface area contributed by atoms with E-state index in [9.17, 15) is 5.11 Å². The van der Waals surface area contributed by atoms with Crippen LogP contribution in [0.5, 0.6) is 0 Å². The molecule has 2 unspecified atom stereocenters. The van der Waals surface area contributed by atoms with Crippen LogP contribution >= 0.6 is 11.6 Å². The lowest BCUT2D eigenvalue weighted by Gasteiger charge is -2.19. The molecule has 1 fully saturated rings. The molecule has 1 aliphatic rings. The van der Waals surface area contributed by atoms with Crippen LogP contribution in [0.4, 0.5) is 0 Å². The largest absolute Gasteiger partial charge is 0.231 e. The van der Waals surface area contributed by atoms with Gasteiger partial charge in [0.15, 0.2) is 0 Å². The van der Waals surface area contributed by atoms with Gasteiger partial charge >= 0.3 is 0 Å². The van der Waals surface area contributed by atoms with Crippen LogP contribution in [0.1, 0.15) is 25.7 Å². The topological polar surface area (TPSA) is 19.9 Å². The van der Waals surface area contributed by atoms with E-state index in [2.05, 4.69) is 0 Å². The van der Waals surface area contributed by atoms with Crippen LogP contribution < -0.4 is 0 Å². The first kappa shape index (κ1) is 6.37. The van der Waals surface area contributed by atoms with Crippen molar-refractivity contribution in [1.29, 1.82) is 0 Å². The molecule has 1 rings (SSSR count). The molecule has 1 aliphatic carbocycles. The minimum Gasteiger partial charge on any atom is -0.231 e. The van der Waals surface area contributed by atoms with Gasteiger partial charge in [-0.2, -0.15) is 0 Å². The molecule has 2 heteroatoms. The van der Waals surface area contributed by atoms with Gasteiger partial charge in [-0.05, 0) is 12.8 Å². The Kier molecular flexibility index (Phi) is 2.15. The van der Waals surface area contributed by atoms with E-state index in [0.29, 0.717) is 0 Å². The highest BCUT2D eigenvalue weighted by molar-refractivity contribution is 6.21. The zero-order valence-electron chi connectivity index (χ0n) is 4.77. The molecule has 0 aromatic rings. The Morgan fingerprint density at radius 1 is 1.25 bits per heavy atom. The van der Waals surface area contributed by atoms with Gasteiger partial charge in [0.1, 0.15) is 6.10 Å². The second kappa shape index (κ2) is 2.70. The zero-order chi connectivity index (χ0) is 5.98. The van der Waals surface area contributed by atoms with Crippen molar-refractivity contribution in [2.24, 2.45) is 0 Å². The van der Waals surface area contributed by atoms with Crippen LogP contribution in [-0.4, -0.2) is 11.5 Å². The third kappa shape index (κ3) is 1.36. The lowest BCUT2D eigenvalue weighted by atomic mass is 9.98. The zero-order valence-corrected chi connectivity index (χ0v) is 5.53. The lowest BCUT2D eigenvalue weighted by molar-refractivity contribution is 0.0600. The first-order valence-electron chi connectivity index (χ1n) is 3.10. The number of hydrogen-bond donors (Lipinski definition) is 0. The fourth-order valence-electron chi connectivity index (χ4n) is 1.05. The molecular formula is C6H10ClO. The smallest absolute Gasteiger partial charge is 0.109 e. The first-order valence-corrected chi connectivity index (χ1v) is 3.54. The minimum atomic E-state index is -0.481. The molecule has 0 N–H and O–H groups in total. The van der Waals surface area contributed by atoms with E-state index in [0.717, 1.165) is 25.7 Å². The van der Waals surface area contributed by atoms with Gasteiger partial charge in [-0.25, -0.2) is 5.11 Å². The summed E-state index contributed by atoms with van der Waals surface area (Å²) < 4.78 is 0. The molecular weight excluding hydrogens is 124 g/mol. The van der Waals surface area contributed by atoms with Crippen molar-refractivity contribution in [3.05, 3.63) is 0 Å². The van der Waals surface area contributed by atoms with Gasteiger partial charge < -0.3 is 0 Å². The van der Waals surface area contributed by atoms with Crippen molar-refractivity contribution < 1.29 is 5.11 Å². The maximum atomic E-state index is 10.7. The Balaban J connectivity index is 2.28. The molecule has 47 valence electrons. The van der Waals surface area contributed by atoms with Crippen molar-refractivity contribution in [2.45, 2.75) is 37.2 Å². The molecule has 1 nitrogen and oxygen atoms in total. The molecule has 0 amide bonds. The molecule has 0 aromatic carbocycles. The molecule has 1 saturated carbocycles. The number of halogens is 1. The molecule has 0 saturated heterocycles. The van der Waals surface area contributed by atoms with Crippen molar-refractivity contribution in [3.63, 3.8) is 0 Å². The van der Waals surface area contributed by atoms with Crippen LogP contribution in [0.3, 0.4) is 0 Å². The summed E-state index contributed by atoms with van der Waals surface area (Å²) in [6.07, 6.45) is 3.46. The first-order chi connectivity index (χ1) is 3.80. The predicted octanol–water partition coefficient (Wildman–Crippen LogP) is 1.97. The highest BCUT2D eigenvalue weighted by Gasteiger charge is 2.21. The molecule has 2 atom stereocenters. The van der Waals surface area contributed by atoms with Crippen molar-refractivity contribution in [3.8, 4) is 0 Å². The summed E-state index contributed by atoms with van der Waals surface area (Å²) in [5.74, 6) is 0. The van der Waals surface area contributed by atoms with Crippen molar-refractivity contribution in [2.75, 3.05) is 0 Å². The number of alkyl halides is 1. The molecule has 0 bridgehead atoms. The Hall–Kier alpha value is 0.250. The third-order valence-corrected chi connectivity index (χ3v) is 2.12. The lowest BCUT2D eigenvalue weighted by Crippen LogP contribution is -2.22. The molecule has 8 heavy (non-hydrogen) atoms. The monoisotopic (exact) mass is 133 g/mol. The Labute approximate surface area is 54.7 Å². The fourth-order valence-corrected chi connectivity index (χ4v) is 1.33. The van der Waals surface area contributed by atoms with Crippen LogP contribution in [0, 0.1) is 0 Å². The Bertz CT molecular complexity index is 64.9. The molecule has 1 radical (unpaired) electrons. The van der Waals surface area contributed by atoms with Crippen LogP contribution in [0.15, 0.2) is 0 Å². The summed E-state index contributed by atoms with van der Waals surface area (Å²) in [6.45, 7) is 0.